The summed E-state index contributed by atoms with van der Waals surface area (Å²) < 4.78 is 26.5. The molecule has 0 saturated carbocycles. The van der Waals surface area contributed by atoms with Gasteiger partial charge in [-0.25, -0.2) is 8.78 Å². The van der Waals surface area contributed by atoms with E-state index in [-0.39, 0.29) is 37.0 Å². The Morgan fingerprint density at radius 3 is 2.58 bits per heavy atom. The summed E-state index contributed by atoms with van der Waals surface area (Å²) in [5, 5.41) is 11.3. The second-order valence-corrected chi connectivity index (χ2v) is 7.48. The van der Waals surface area contributed by atoms with Gasteiger partial charge in [0.2, 0.25) is 5.91 Å². The zero-order valence-corrected chi connectivity index (χ0v) is 18.1. The summed E-state index contributed by atoms with van der Waals surface area (Å²) in [5.74, 6) is -3.58. The predicted molar refractivity (Wildman–Crippen MR) is 114 cm³/mol. The fraction of sp³-hybridized carbons (Fsp3) is 0.500. The molecule has 3 N–H and O–H groups in total. The van der Waals surface area contributed by atoms with Crippen LogP contribution in [0.1, 0.15) is 41.9 Å². The first-order valence-electron chi connectivity index (χ1n) is 9.96. The number of benzene rings is 1. The number of aryl methyl sites for hydroxylation is 1. The third-order valence-electron chi connectivity index (χ3n) is 5.01. The fourth-order valence-electron chi connectivity index (χ4n) is 3.32. The maximum atomic E-state index is 13.2. The molecular formula is C20H27ClF2N6O2. The molecule has 1 aromatic heterocycles. The second-order valence-electron chi connectivity index (χ2n) is 7.48. The highest BCUT2D eigenvalue weighted by atomic mass is 35.5. The first-order valence-corrected chi connectivity index (χ1v) is 9.96. The standard InChI is InChI=1S/C20H26F2N6O2.ClH/c1-14-17(26-28(25-14)15-7-3-2-4-8-15)18(29)24-11-6-5-9-16(23)19(30)27-12-10-20(21,22)13-27;/h2-4,7-8,16H,5-6,9-13,23H2,1H3,(H,24,29);1H/t16-;/m0./s1. The van der Waals surface area contributed by atoms with E-state index >= 15 is 0 Å². The quantitative estimate of drug-likeness (QED) is 0.591. The molecule has 8 nitrogen and oxygen atoms in total. The molecule has 0 spiro atoms. The van der Waals surface area contributed by atoms with Gasteiger partial charge in [0.25, 0.3) is 11.8 Å². The Kier molecular flexibility index (Phi) is 8.46. The molecule has 1 saturated heterocycles. The predicted octanol–water partition coefficient (Wildman–Crippen LogP) is 2.09. The van der Waals surface area contributed by atoms with Gasteiger partial charge < -0.3 is 16.0 Å². The van der Waals surface area contributed by atoms with Crippen molar-refractivity contribution < 1.29 is 18.4 Å². The molecule has 2 amide bonds. The largest absolute Gasteiger partial charge is 0.351 e. The Bertz CT molecular complexity index is 893. The van der Waals surface area contributed by atoms with E-state index in [9.17, 15) is 18.4 Å². The molecule has 170 valence electrons. The highest BCUT2D eigenvalue weighted by molar-refractivity contribution is 5.93. The van der Waals surface area contributed by atoms with Gasteiger partial charge in [-0.05, 0) is 38.3 Å². The van der Waals surface area contributed by atoms with Crippen LogP contribution in [0.5, 0.6) is 0 Å². The molecule has 1 atom stereocenters. The van der Waals surface area contributed by atoms with E-state index in [0.29, 0.717) is 31.5 Å². The minimum atomic E-state index is -2.82. The number of aromatic nitrogens is 3. The van der Waals surface area contributed by atoms with Crippen molar-refractivity contribution in [3.05, 3.63) is 41.7 Å². The number of unbranched alkanes of at least 4 members (excludes halogenated alkanes) is 1. The maximum absolute atomic E-state index is 13.2. The smallest absolute Gasteiger partial charge is 0.273 e. The molecule has 1 aliphatic heterocycles. The first-order chi connectivity index (χ1) is 14.3. The lowest BCUT2D eigenvalue weighted by atomic mass is 10.1. The lowest BCUT2D eigenvalue weighted by molar-refractivity contribution is -0.133. The van der Waals surface area contributed by atoms with Crippen LogP contribution in [0.2, 0.25) is 0 Å². The highest BCUT2D eigenvalue weighted by Gasteiger charge is 2.41. The summed E-state index contributed by atoms with van der Waals surface area (Å²) >= 11 is 0. The van der Waals surface area contributed by atoms with Crippen LogP contribution in [0.25, 0.3) is 5.69 Å². The average Bonchev–Trinajstić information content (AvgIpc) is 3.29. The van der Waals surface area contributed by atoms with Crippen molar-refractivity contribution in [2.45, 2.75) is 44.6 Å². The van der Waals surface area contributed by atoms with Crippen LogP contribution < -0.4 is 11.1 Å². The van der Waals surface area contributed by atoms with Gasteiger partial charge in [0.15, 0.2) is 5.69 Å². The number of hydrogen-bond acceptors (Lipinski definition) is 5. The fourth-order valence-corrected chi connectivity index (χ4v) is 3.32. The van der Waals surface area contributed by atoms with Gasteiger partial charge in [-0.15, -0.1) is 17.5 Å². The number of carbonyl (C=O) groups excluding carboxylic acids is 2. The minimum Gasteiger partial charge on any atom is -0.351 e. The van der Waals surface area contributed by atoms with Crippen LogP contribution in [0.3, 0.4) is 0 Å². The topological polar surface area (TPSA) is 106 Å². The van der Waals surface area contributed by atoms with E-state index < -0.39 is 24.4 Å². The summed E-state index contributed by atoms with van der Waals surface area (Å²) in [6.45, 7) is 1.59. The molecule has 11 heteroatoms. The second kappa shape index (κ2) is 10.6. The Balaban J connectivity index is 0.00000341. The normalized spacial score (nSPS) is 15.9. The monoisotopic (exact) mass is 456 g/mol. The van der Waals surface area contributed by atoms with E-state index in [1.807, 2.05) is 30.3 Å². The van der Waals surface area contributed by atoms with Crippen molar-refractivity contribution in [1.82, 2.24) is 25.2 Å². The number of likely N-dealkylation sites (tertiary alicyclic amines) is 1. The Hall–Kier alpha value is -2.59. The van der Waals surface area contributed by atoms with Crippen molar-refractivity contribution >= 4 is 24.2 Å². The number of halogens is 3. The highest BCUT2D eigenvalue weighted by Crippen LogP contribution is 2.27. The Labute approximate surface area is 185 Å². The summed E-state index contributed by atoms with van der Waals surface area (Å²) in [7, 11) is 0. The Morgan fingerprint density at radius 2 is 1.94 bits per heavy atom. The van der Waals surface area contributed by atoms with Gasteiger partial charge in [-0.2, -0.15) is 9.90 Å². The number of para-hydroxylation sites is 1. The number of nitrogens with zero attached hydrogens (tertiary/aromatic N) is 4. The van der Waals surface area contributed by atoms with Gasteiger partial charge in [-0.1, -0.05) is 18.2 Å². The summed E-state index contributed by atoms with van der Waals surface area (Å²) in [6.07, 6.45) is 1.26. The Morgan fingerprint density at radius 1 is 1.23 bits per heavy atom. The van der Waals surface area contributed by atoms with Crippen LogP contribution >= 0.6 is 12.4 Å². The number of amides is 2. The lowest BCUT2D eigenvalue weighted by Crippen LogP contribution is -2.43. The number of hydrogen-bond donors (Lipinski definition) is 2. The van der Waals surface area contributed by atoms with Gasteiger partial charge in [0.05, 0.1) is 24.0 Å². The molecule has 2 aromatic rings. The van der Waals surface area contributed by atoms with Crippen molar-refractivity contribution in [1.29, 1.82) is 0 Å². The summed E-state index contributed by atoms with van der Waals surface area (Å²) in [5.41, 5.74) is 7.38. The van der Waals surface area contributed by atoms with Gasteiger partial charge in [0, 0.05) is 19.5 Å². The molecule has 31 heavy (non-hydrogen) atoms. The maximum Gasteiger partial charge on any atom is 0.273 e. The average molecular weight is 457 g/mol. The van der Waals surface area contributed by atoms with Crippen LogP contribution in [0.15, 0.2) is 30.3 Å². The zero-order chi connectivity index (χ0) is 21.7. The van der Waals surface area contributed by atoms with E-state index in [1.54, 1.807) is 6.92 Å². The number of alkyl halides is 2. The molecule has 0 radical (unpaired) electrons. The molecule has 0 bridgehead atoms. The summed E-state index contributed by atoms with van der Waals surface area (Å²) in [4.78, 5) is 27.0. The van der Waals surface area contributed by atoms with Gasteiger partial charge in [-0.3, -0.25) is 9.59 Å². The van der Waals surface area contributed by atoms with Crippen LogP contribution in [0, 0.1) is 6.92 Å². The van der Waals surface area contributed by atoms with Crippen LogP contribution in [-0.4, -0.2) is 63.3 Å². The number of rotatable bonds is 8. The molecule has 0 unspecified atom stereocenters. The molecule has 3 rings (SSSR count). The molecule has 2 heterocycles. The van der Waals surface area contributed by atoms with E-state index in [4.69, 9.17) is 5.73 Å². The first kappa shape index (κ1) is 24.7. The lowest BCUT2D eigenvalue weighted by Gasteiger charge is -2.20. The van der Waals surface area contributed by atoms with Gasteiger partial charge >= 0.3 is 0 Å². The number of carbonyl (C=O) groups is 2. The van der Waals surface area contributed by atoms with Crippen molar-refractivity contribution in [2.75, 3.05) is 19.6 Å². The number of nitrogens with two attached hydrogens (primary N) is 1. The van der Waals surface area contributed by atoms with Crippen molar-refractivity contribution in [2.24, 2.45) is 5.73 Å². The molecule has 1 fully saturated rings. The third kappa shape index (κ3) is 6.44. The SMILES string of the molecule is Cc1nn(-c2ccccc2)nc1C(=O)NCCCC[C@H](N)C(=O)N1CCC(F)(F)C1.Cl. The molecule has 1 aliphatic rings. The van der Waals surface area contributed by atoms with E-state index in [2.05, 4.69) is 15.5 Å². The molecule has 0 aliphatic carbocycles. The zero-order valence-electron chi connectivity index (χ0n) is 17.3. The van der Waals surface area contributed by atoms with Crippen molar-refractivity contribution in [3.63, 3.8) is 0 Å². The van der Waals surface area contributed by atoms with E-state index in [1.165, 1.54) is 4.80 Å². The molecular weight excluding hydrogens is 430 g/mol. The minimum absolute atomic E-state index is 0. The number of nitrogens with one attached hydrogen (secondary N) is 1. The molecule has 1 aromatic carbocycles. The van der Waals surface area contributed by atoms with Crippen LogP contribution in [0.4, 0.5) is 8.78 Å². The van der Waals surface area contributed by atoms with E-state index in [0.717, 1.165) is 10.6 Å². The van der Waals surface area contributed by atoms with Crippen LogP contribution in [-0.2, 0) is 4.79 Å². The van der Waals surface area contributed by atoms with Crippen molar-refractivity contribution in [3.8, 4) is 5.69 Å². The third-order valence-corrected chi connectivity index (χ3v) is 5.01. The van der Waals surface area contributed by atoms with Gasteiger partial charge in [0.1, 0.15) is 0 Å². The summed E-state index contributed by atoms with van der Waals surface area (Å²) in [6, 6.07) is 8.48.